The molecule has 0 aliphatic rings. The summed E-state index contributed by atoms with van der Waals surface area (Å²) in [5.74, 6) is -18.2. The molecule has 2 atom stereocenters. The predicted molar refractivity (Wildman–Crippen MR) is 163 cm³/mol. The van der Waals surface area contributed by atoms with Gasteiger partial charge in [-0.05, 0) is 18.1 Å². The van der Waals surface area contributed by atoms with E-state index in [1.807, 2.05) is 6.07 Å². The molecule has 0 unspecified atom stereocenters. The van der Waals surface area contributed by atoms with E-state index in [4.69, 9.17) is 5.73 Å². The van der Waals surface area contributed by atoms with Gasteiger partial charge in [-0.2, -0.15) is 8.78 Å². The van der Waals surface area contributed by atoms with E-state index >= 15 is 0 Å². The molecule has 1 aromatic heterocycles. The summed E-state index contributed by atoms with van der Waals surface area (Å²) in [6, 6.07) is 3.88. The van der Waals surface area contributed by atoms with Gasteiger partial charge in [0.1, 0.15) is 12.1 Å². The molecule has 3 amide bonds. The highest BCUT2D eigenvalue weighted by molar-refractivity contribution is 5.95. The SMILES string of the molecule is CCCCCCCC(C)(C)C(=O)N(C)[C@@H](Cc1c[nH]c2ccccc12)C(=O)N[C@H](CC(N)=O)C(=O)Oc1c(F)c(F)c(F)c(F)c1F. The fourth-order valence-electron chi connectivity index (χ4n) is 5.32. The zero-order chi connectivity index (χ0) is 35.1. The van der Waals surface area contributed by atoms with Crippen LogP contribution in [0.15, 0.2) is 30.5 Å². The van der Waals surface area contributed by atoms with Crippen LogP contribution in [0.1, 0.15) is 71.3 Å². The molecular weight excluding hydrogens is 627 g/mol. The van der Waals surface area contributed by atoms with Crippen LogP contribution in [0.2, 0.25) is 0 Å². The van der Waals surface area contributed by atoms with E-state index in [0.717, 1.165) is 43.0 Å². The fourth-order valence-corrected chi connectivity index (χ4v) is 5.32. The van der Waals surface area contributed by atoms with Gasteiger partial charge in [-0.1, -0.05) is 71.1 Å². The number of rotatable bonds is 16. The number of carbonyl (C=O) groups is 4. The van der Waals surface area contributed by atoms with Crippen LogP contribution in [0.4, 0.5) is 22.0 Å². The van der Waals surface area contributed by atoms with Crippen LogP contribution in [0.25, 0.3) is 10.9 Å². The molecule has 0 spiro atoms. The minimum Gasteiger partial charge on any atom is -0.418 e. The Hall–Kier alpha value is -4.49. The molecule has 9 nitrogen and oxygen atoms in total. The van der Waals surface area contributed by atoms with Gasteiger partial charge in [0.15, 0.2) is 0 Å². The van der Waals surface area contributed by atoms with Crippen molar-refractivity contribution in [2.24, 2.45) is 11.1 Å². The van der Waals surface area contributed by atoms with Crippen LogP contribution in [-0.2, 0) is 25.6 Å². The number of amides is 3. The van der Waals surface area contributed by atoms with E-state index in [0.29, 0.717) is 12.0 Å². The van der Waals surface area contributed by atoms with Crippen molar-refractivity contribution in [1.82, 2.24) is 15.2 Å². The van der Waals surface area contributed by atoms with Crippen molar-refractivity contribution in [2.45, 2.75) is 84.2 Å². The quantitative estimate of drug-likeness (QED) is 0.0458. The monoisotopic (exact) mass is 666 g/mol. The van der Waals surface area contributed by atoms with Gasteiger partial charge in [-0.15, -0.1) is 0 Å². The molecule has 0 fully saturated rings. The number of unbranched alkanes of at least 4 members (excludes halogenated alkanes) is 4. The highest BCUT2D eigenvalue weighted by Crippen LogP contribution is 2.31. The van der Waals surface area contributed by atoms with Gasteiger partial charge in [0, 0.05) is 36.0 Å². The molecule has 3 rings (SSSR count). The lowest BCUT2D eigenvalue weighted by atomic mass is 9.84. The molecule has 0 saturated carbocycles. The molecule has 0 bridgehead atoms. The van der Waals surface area contributed by atoms with Crippen molar-refractivity contribution in [3.8, 4) is 5.75 Å². The predicted octanol–water partition coefficient (Wildman–Crippen LogP) is 5.59. The number of esters is 1. The second kappa shape index (κ2) is 15.9. The van der Waals surface area contributed by atoms with Gasteiger partial charge in [0.2, 0.25) is 52.6 Å². The van der Waals surface area contributed by atoms with E-state index in [1.165, 1.54) is 11.9 Å². The zero-order valence-corrected chi connectivity index (χ0v) is 26.7. The molecule has 14 heteroatoms. The van der Waals surface area contributed by atoms with Crippen molar-refractivity contribution in [2.75, 3.05) is 7.05 Å². The van der Waals surface area contributed by atoms with E-state index < -0.39 is 76.5 Å². The lowest BCUT2D eigenvalue weighted by Crippen LogP contribution is -2.56. The zero-order valence-electron chi connectivity index (χ0n) is 26.7. The van der Waals surface area contributed by atoms with Gasteiger partial charge in [-0.3, -0.25) is 14.4 Å². The number of ether oxygens (including phenoxy) is 1. The third-order valence-corrected chi connectivity index (χ3v) is 8.04. The van der Waals surface area contributed by atoms with Crippen LogP contribution in [0.5, 0.6) is 5.75 Å². The highest BCUT2D eigenvalue weighted by atomic mass is 19.2. The number of benzene rings is 2. The van der Waals surface area contributed by atoms with Crippen LogP contribution < -0.4 is 15.8 Å². The molecular formula is C33H39F5N4O5. The Bertz CT molecular complexity index is 1600. The number of para-hydroxylation sites is 1. The molecule has 47 heavy (non-hydrogen) atoms. The number of carbonyl (C=O) groups excluding carboxylic acids is 4. The van der Waals surface area contributed by atoms with Crippen molar-refractivity contribution >= 4 is 34.6 Å². The highest BCUT2D eigenvalue weighted by Gasteiger charge is 2.38. The summed E-state index contributed by atoms with van der Waals surface area (Å²) < 4.78 is 74.0. The number of nitrogens with two attached hydrogens (primary N) is 1. The molecule has 0 aliphatic carbocycles. The molecule has 2 aromatic carbocycles. The number of likely N-dealkylation sites (N-methyl/N-ethyl adjacent to an activating group) is 1. The first-order valence-electron chi connectivity index (χ1n) is 15.2. The number of nitrogens with one attached hydrogen (secondary N) is 2. The van der Waals surface area contributed by atoms with Crippen LogP contribution in [-0.4, -0.2) is 52.7 Å². The number of hydrogen-bond donors (Lipinski definition) is 3. The van der Waals surface area contributed by atoms with Crippen molar-refractivity contribution in [3.63, 3.8) is 0 Å². The molecule has 1 heterocycles. The van der Waals surface area contributed by atoms with Crippen LogP contribution in [0.3, 0.4) is 0 Å². The number of halogens is 5. The van der Waals surface area contributed by atoms with Crippen LogP contribution in [0, 0.1) is 34.5 Å². The average molecular weight is 667 g/mol. The Balaban J connectivity index is 1.93. The molecule has 3 aromatic rings. The largest absolute Gasteiger partial charge is 0.418 e. The Morgan fingerprint density at radius 2 is 1.53 bits per heavy atom. The van der Waals surface area contributed by atoms with Gasteiger partial charge in [-0.25, -0.2) is 18.0 Å². The maximum absolute atomic E-state index is 14.3. The van der Waals surface area contributed by atoms with Gasteiger partial charge < -0.3 is 25.7 Å². The fraction of sp³-hybridized carbons (Fsp3) is 0.455. The first kappa shape index (κ1) is 37.0. The third kappa shape index (κ3) is 8.86. The normalized spacial score (nSPS) is 12.9. The van der Waals surface area contributed by atoms with Gasteiger partial charge in [0.25, 0.3) is 0 Å². The summed E-state index contributed by atoms with van der Waals surface area (Å²) >= 11 is 0. The average Bonchev–Trinajstić information content (AvgIpc) is 3.44. The maximum Gasteiger partial charge on any atom is 0.334 e. The third-order valence-electron chi connectivity index (χ3n) is 8.04. The summed E-state index contributed by atoms with van der Waals surface area (Å²) in [5.41, 5.74) is 5.73. The summed E-state index contributed by atoms with van der Waals surface area (Å²) in [5, 5.41) is 2.99. The number of aromatic amines is 1. The number of primary amides is 1. The molecule has 256 valence electrons. The van der Waals surface area contributed by atoms with Crippen molar-refractivity contribution < 1.29 is 45.9 Å². The number of fused-ring (bicyclic) bond motifs is 1. The number of hydrogen-bond acceptors (Lipinski definition) is 5. The number of aromatic nitrogens is 1. The smallest absolute Gasteiger partial charge is 0.334 e. The summed E-state index contributed by atoms with van der Waals surface area (Å²) in [4.78, 5) is 56.8. The first-order valence-corrected chi connectivity index (χ1v) is 15.2. The minimum absolute atomic E-state index is 0.0688. The van der Waals surface area contributed by atoms with Gasteiger partial charge in [0.05, 0.1) is 6.42 Å². The topological polar surface area (TPSA) is 135 Å². The minimum atomic E-state index is -2.47. The van der Waals surface area contributed by atoms with E-state index in [-0.39, 0.29) is 12.3 Å². The lowest BCUT2D eigenvalue weighted by molar-refractivity contribution is -0.147. The summed E-state index contributed by atoms with van der Waals surface area (Å²) in [6.45, 7) is 5.60. The van der Waals surface area contributed by atoms with Gasteiger partial charge >= 0.3 is 5.97 Å². The first-order chi connectivity index (χ1) is 22.1. The summed E-state index contributed by atoms with van der Waals surface area (Å²) in [7, 11) is 1.41. The Morgan fingerprint density at radius 1 is 0.936 bits per heavy atom. The molecule has 0 saturated heterocycles. The Morgan fingerprint density at radius 3 is 2.15 bits per heavy atom. The summed E-state index contributed by atoms with van der Waals surface area (Å²) in [6.07, 6.45) is 6.00. The number of nitrogens with zero attached hydrogens (tertiary/aromatic N) is 1. The van der Waals surface area contributed by atoms with Crippen molar-refractivity contribution in [1.29, 1.82) is 0 Å². The lowest BCUT2D eigenvalue weighted by Gasteiger charge is -2.35. The molecule has 4 N–H and O–H groups in total. The Labute approximate surface area is 269 Å². The second-order valence-electron chi connectivity index (χ2n) is 12.1. The standard InChI is InChI=1S/C33H39F5N4O5/c1-5-6-7-8-11-14-33(2,3)32(46)42(4)22(15-18-17-40-20-13-10-9-12-19(18)20)30(44)41-21(16-23(39)43)31(45)47-29-27(37)25(35)24(34)26(36)28(29)38/h9-10,12-13,17,21-22,40H,5-8,11,14-16H2,1-4H3,(H2,39,43)(H,41,44)/t21-,22+/m1/s1. The van der Waals surface area contributed by atoms with Crippen LogP contribution >= 0.6 is 0 Å². The second-order valence-corrected chi connectivity index (χ2v) is 12.1. The van der Waals surface area contributed by atoms with E-state index in [9.17, 15) is 41.1 Å². The molecule has 0 radical (unpaired) electrons. The number of H-pyrrole nitrogens is 1. The van der Waals surface area contributed by atoms with E-state index in [1.54, 1.807) is 38.2 Å². The van der Waals surface area contributed by atoms with Crippen molar-refractivity contribution in [3.05, 3.63) is 65.1 Å². The maximum atomic E-state index is 14.3. The Kier molecular flexibility index (Phi) is 12.5. The van der Waals surface area contributed by atoms with E-state index in [2.05, 4.69) is 22.0 Å². The molecule has 0 aliphatic heterocycles.